The van der Waals surface area contributed by atoms with Gasteiger partial charge in [-0.3, -0.25) is 4.99 Å². The first-order chi connectivity index (χ1) is 12.1. The predicted octanol–water partition coefficient (Wildman–Crippen LogP) is 3.41. The van der Waals surface area contributed by atoms with E-state index in [-0.39, 0.29) is 17.8 Å². The molecule has 0 amide bonds. The summed E-state index contributed by atoms with van der Waals surface area (Å²) in [7, 11) is 0. The first kappa shape index (κ1) is 17.1. The summed E-state index contributed by atoms with van der Waals surface area (Å²) in [6.07, 6.45) is 3.19. The van der Waals surface area contributed by atoms with Crippen molar-refractivity contribution in [2.24, 2.45) is 10.4 Å². The van der Waals surface area contributed by atoms with Gasteiger partial charge in [-0.25, -0.2) is 4.39 Å². The lowest BCUT2D eigenvalue weighted by atomic mass is 9.87. The maximum Gasteiger partial charge on any atom is 0.194 e. The van der Waals surface area contributed by atoms with Crippen LogP contribution in [0.3, 0.4) is 0 Å². The van der Waals surface area contributed by atoms with Crippen molar-refractivity contribution in [3.8, 4) is 0 Å². The average Bonchev–Trinajstić information content (AvgIpc) is 3.01. The van der Waals surface area contributed by atoms with Crippen LogP contribution in [0.5, 0.6) is 0 Å². The van der Waals surface area contributed by atoms with Crippen LogP contribution >= 0.6 is 11.6 Å². The largest absolute Gasteiger partial charge is 0.381 e. The van der Waals surface area contributed by atoms with Crippen LogP contribution in [-0.2, 0) is 4.74 Å². The molecule has 3 atom stereocenters. The number of ether oxygens (including phenoxy) is 1. The number of hydrogen-bond donors (Lipinski definition) is 1. The predicted molar refractivity (Wildman–Crippen MR) is 97.7 cm³/mol. The number of halogens is 2. The Labute approximate surface area is 153 Å². The first-order valence-electron chi connectivity index (χ1n) is 9.19. The first-order valence-corrected chi connectivity index (χ1v) is 9.57. The molecule has 25 heavy (non-hydrogen) atoms. The Morgan fingerprint density at radius 3 is 3.08 bits per heavy atom. The van der Waals surface area contributed by atoms with Gasteiger partial charge in [-0.15, -0.1) is 0 Å². The second kappa shape index (κ2) is 6.76. The van der Waals surface area contributed by atoms with E-state index < -0.39 is 0 Å². The average molecular weight is 366 g/mol. The van der Waals surface area contributed by atoms with Gasteiger partial charge in [0.05, 0.1) is 6.61 Å². The molecule has 1 spiro atoms. The maximum atomic E-state index is 14.1. The van der Waals surface area contributed by atoms with Gasteiger partial charge in [0.1, 0.15) is 5.82 Å². The van der Waals surface area contributed by atoms with Gasteiger partial charge >= 0.3 is 0 Å². The van der Waals surface area contributed by atoms with Gasteiger partial charge in [0, 0.05) is 54.2 Å². The van der Waals surface area contributed by atoms with Crippen LogP contribution in [0.2, 0.25) is 5.02 Å². The van der Waals surface area contributed by atoms with Gasteiger partial charge in [0.2, 0.25) is 0 Å². The third-order valence-corrected chi connectivity index (χ3v) is 6.04. The lowest BCUT2D eigenvalue weighted by Gasteiger charge is -2.25. The minimum atomic E-state index is -0.209. The van der Waals surface area contributed by atoms with Crippen LogP contribution in [0.15, 0.2) is 23.2 Å². The topological polar surface area (TPSA) is 36.9 Å². The van der Waals surface area contributed by atoms with E-state index in [1.807, 2.05) is 6.92 Å². The molecular weight excluding hydrogens is 341 g/mol. The quantitative estimate of drug-likeness (QED) is 0.658. The smallest absolute Gasteiger partial charge is 0.194 e. The van der Waals surface area contributed by atoms with E-state index in [1.165, 1.54) is 6.07 Å². The van der Waals surface area contributed by atoms with Gasteiger partial charge in [0.25, 0.3) is 0 Å². The van der Waals surface area contributed by atoms with Crippen molar-refractivity contribution in [2.75, 3.05) is 32.8 Å². The summed E-state index contributed by atoms with van der Waals surface area (Å²) >= 11 is 6.21. The fourth-order valence-corrected chi connectivity index (χ4v) is 4.48. The number of benzene rings is 1. The van der Waals surface area contributed by atoms with Crippen LogP contribution < -0.4 is 5.32 Å². The molecule has 1 saturated carbocycles. The standard InChI is InChI=1S/C19H25ClFN3O/c1-2-22-18(24-8-6-19(11-24)7-9-25-12-19)23-16-10-13(16)17-14(20)4-3-5-15(17)21/h3-5,13,16H,2,6-12H2,1H3,(H,22,23). The Kier molecular flexibility index (Phi) is 4.63. The number of nitrogens with zero attached hydrogens (tertiary/aromatic N) is 2. The zero-order valence-corrected chi connectivity index (χ0v) is 15.4. The van der Waals surface area contributed by atoms with Crippen LogP contribution in [-0.4, -0.2) is 49.7 Å². The Hall–Kier alpha value is -1.33. The Morgan fingerprint density at radius 1 is 1.48 bits per heavy atom. The summed E-state index contributed by atoms with van der Waals surface area (Å²) in [5.74, 6) is 0.868. The number of rotatable bonds is 3. The Morgan fingerprint density at radius 2 is 2.36 bits per heavy atom. The summed E-state index contributed by atoms with van der Waals surface area (Å²) in [6, 6.07) is 5.11. The number of likely N-dealkylation sites (tertiary alicyclic amines) is 1. The molecule has 0 aromatic heterocycles. The molecule has 2 saturated heterocycles. The summed E-state index contributed by atoms with van der Waals surface area (Å²) in [5.41, 5.74) is 0.938. The SMILES string of the molecule is CCN=C(NC1CC1c1c(F)cccc1Cl)N1CCC2(CCOC2)C1. The molecule has 3 unspecified atom stereocenters. The van der Waals surface area contributed by atoms with E-state index in [2.05, 4.69) is 15.2 Å². The van der Waals surface area contributed by atoms with Gasteiger partial charge in [-0.1, -0.05) is 17.7 Å². The molecule has 4 rings (SSSR count). The number of hydrogen-bond acceptors (Lipinski definition) is 2. The fraction of sp³-hybridized carbons (Fsp3) is 0.632. The lowest BCUT2D eigenvalue weighted by Crippen LogP contribution is -2.43. The molecule has 6 heteroatoms. The Bertz CT molecular complexity index is 654. The molecule has 136 valence electrons. The van der Waals surface area contributed by atoms with Crippen molar-refractivity contribution in [3.05, 3.63) is 34.6 Å². The van der Waals surface area contributed by atoms with Gasteiger partial charge < -0.3 is 15.0 Å². The summed E-state index contributed by atoms with van der Waals surface area (Å²) in [5, 5.41) is 4.07. The van der Waals surface area contributed by atoms with Gasteiger partial charge in [-0.05, 0) is 38.3 Å². The molecule has 1 N–H and O–H groups in total. The number of guanidine groups is 1. The fourth-order valence-electron chi connectivity index (χ4n) is 4.18. The van der Waals surface area contributed by atoms with Crippen molar-refractivity contribution in [1.82, 2.24) is 10.2 Å². The van der Waals surface area contributed by atoms with Crippen LogP contribution in [0.1, 0.15) is 37.7 Å². The van der Waals surface area contributed by atoms with Crippen molar-refractivity contribution in [3.63, 3.8) is 0 Å². The zero-order chi connectivity index (χ0) is 17.4. The second-order valence-electron chi connectivity index (χ2n) is 7.50. The summed E-state index contributed by atoms with van der Waals surface area (Å²) < 4.78 is 19.8. The molecule has 3 aliphatic rings. The van der Waals surface area contributed by atoms with Crippen LogP contribution in [0.4, 0.5) is 4.39 Å². The third-order valence-electron chi connectivity index (χ3n) is 5.71. The summed E-state index contributed by atoms with van der Waals surface area (Å²) in [4.78, 5) is 7.02. The molecule has 3 fully saturated rings. The highest BCUT2D eigenvalue weighted by Crippen LogP contribution is 2.45. The molecule has 4 nitrogen and oxygen atoms in total. The van der Waals surface area contributed by atoms with E-state index >= 15 is 0 Å². The Balaban J connectivity index is 1.43. The van der Waals surface area contributed by atoms with E-state index in [0.29, 0.717) is 16.0 Å². The molecule has 0 radical (unpaired) electrons. The molecule has 0 bridgehead atoms. The minimum absolute atomic E-state index is 0.127. The third kappa shape index (κ3) is 3.36. The highest BCUT2D eigenvalue weighted by Gasteiger charge is 2.45. The van der Waals surface area contributed by atoms with E-state index in [9.17, 15) is 4.39 Å². The molecule has 1 aromatic carbocycles. The second-order valence-corrected chi connectivity index (χ2v) is 7.91. The minimum Gasteiger partial charge on any atom is -0.381 e. The van der Waals surface area contributed by atoms with Gasteiger partial charge in [-0.2, -0.15) is 0 Å². The zero-order valence-electron chi connectivity index (χ0n) is 14.6. The lowest BCUT2D eigenvalue weighted by molar-refractivity contribution is 0.156. The normalized spacial score (nSPS) is 31.8. The van der Waals surface area contributed by atoms with E-state index in [4.69, 9.17) is 16.3 Å². The van der Waals surface area contributed by atoms with Crippen LogP contribution in [0.25, 0.3) is 0 Å². The van der Waals surface area contributed by atoms with Crippen molar-refractivity contribution >= 4 is 17.6 Å². The number of aliphatic imine (C=N–C) groups is 1. The highest BCUT2D eigenvalue weighted by atomic mass is 35.5. The van der Waals surface area contributed by atoms with Crippen molar-refractivity contribution in [2.45, 2.75) is 38.1 Å². The highest BCUT2D eigenvalue weighted by molar-refractivity contribution is 6.31. The molecule has 1 aliphatic carbocycles. The molecule has 2 heterocycles. The monoisotopic (exact) mass is 365 g/mol. The van der Waals surface area contributed by atoms with E-state index in [0.717, 1.165) is 58.1 Å². The molecule has 1 aromatic rings. The van der Waals surface area contributed by atoms with Crippen molar-refractivity contribution < 1.29 is 9.13 Å². The number of nitrogens with one attached hydrogen (secondary N) is 1. The van der Waals surface area contributed by atoms with E-state index in [1.54, 1.807) is 12.1 Å². The maximum absolute atomic E-state index is 14.1. The molecule has 2 aliphatic heterocycles. The summed E-state index contributed by atoms with van der Waals surface area (Å²) in [6.45, 7) is 6.52. The van der Waals surface area contributed by atoms with Crippen molar-refractivity contribution in [1.29, 1.82) is 0 Å². The van der Waals surface area contributed by atoms with Gasteiger partial charge in [0.15, 0.2) is 5.96 Å². The molecular formula is C19H25ClFN3O. The van der Waals surface area contributed by atoms with Crippen LogP contribution in [0, 0.1) is 11.2 Å².